The molecular weight excluding hydrogens is 362 g/mol. The minimum atomic E-state index is -0.0830. The summed E-state index contributed by atoms with van der Waals surface area (Å²) in [5.41, 5.74) is 5.94. The van der Waals surface area contributed by atoms with Crippen LogP contribution in [0, 0.1) is 0 Å². The van der Waals surface area contributed by atoms with E-state index in [9.17, 15) is 4.79 Å². The number of carbonyl (C=O) groups excluding carboxylic acids is 1. The van der Waals surface area contributed by atoms with E-state index in [1.165, 1.54) is 37.1 Å². The van der Waals surface area contributed by atoms with Gasteiger partial charge in [0.05, 0.1) is 5.57 Å². The van der Waals surface area contributed by atoms with Gasteiger partial charge in [0.15, 0.2) is 0 Å². The van der Waals surface area contributed by atoms with Crippen LogP contribution >= 0.6 is 0 Å². The molecule has 0 radical (unpaired) electrons. The van der Waals surface area contributed by atoms with Crippen LogP contribution < -0.4 is 10.6 Å². The van der Waals surface area contributed by atoms with Crippen molar-refractivity contribution < 1.29 is 9.53 Å². The Morgan fingerprint density at radius 2 is 1.90 bits per heavy atom. The van der Waals surface area contributed by atoms with Crippen LogP contribution in [0.3, 0.4) is 0 Å². The number of ether oxygens (including phenoxy) is 1. The van der Waals surface area contributed by atoms with Gasteiger partial charge in [0.2, 0.25) is 0 Å². The van der Waals surface area contributed by atoms with E-state index in [0.717, 1.165) is 42.9 Å². The van der Waals surface area contributed by atoms with Gasteiger partial charge in [-0.2, -0.15) is 0 Å². The van der Waals surface area contributed by atoms with Crippen molar-refractivity contribution in [3.63, 3.8) is 0 Å². The number of hydrogen-bond donors (Lipinski definition) is 2. The Hall–Kier alpha value is -2.63. The molecular formula is C24H27N3O2. The minimum absolute atomic E-state index is 0.0830. The van der Waals surface area contributed by atoms with Crippen LogP contribution in [0.4, 0.5) is 5.69 Å². The Morgan fingerprint density at radius 1 is 1.03 bits per heavy atom. The van der Waals surface area contributed by atoms with Gasteiger partial charge in [-0.15, -0.1) is 0 Å². The molecule has 0 saturated carbocycles. The van der Waals surface area contributed by atoms with Crippen LogP contribution in [-0.2, 0) is 22.6 Å². The van der Waals surface area contributed by atoms with E-state index < -0.39 is 0 Å². The molecule has 0 spiro atoms. The molecule has 5 heteroatoms. The number of nitrogens with one attached hydrogen (secondary N) is 2. The van der Waals surface area contributed by atoms with E-state index in [-0.39, 0.29) is 5.91 Å². The number of carbonyl (C=O) groups is 1. The molecule has 5 nitrogen and oxygen atoms in total. The summed E-state index contributed by atoms with van der Waals surface area (Å²) in [5.74, 6) is 0.623. The van der Waals surface area contributed by atoms with E-state index >= 15 is 0 Å². The lowest BCUT2D eigenvalue weighted by molar-refractivity contribution is -0.110. The number of nitrogens with zero attached hydrogens (tertiary/aromatic N) is 1. The third kappa shape index (κ3) is 3.68. The topological polar surface area (TPSA) is 53.6 Å². The Kier molecular flexibility index (Phi) is 5.08. The highest BCUT2D eigenvalue weighted by Gasteiger charge is 2.32. The summed E-state index contributed by atoms with van der Waals surface area (Å²) in [6.07, 6.45) is 3.70. The normalized spacial score (nSPS) is 20.5. The molecule has 0 atom stereocenters. The first-order valence-corrected chi connectivity index (χ1v) is 10.6. The first-order chi connectivity index (χ1) is 14.3. The van der Waals surface area contributed by atoms with Crippen LogP contribution in [0.25, 0.3) is 11.3 Å². The zero-order chi connectivity index (χ0) is 19.6. The van der Waals surface area contributed by atoms with Crippen LogP contribution in [0.5, 0.6) is 0 Å². The summed E-state index contributed by atoms with van der Waals surface area (Å²) in [7, 11) is 0. The average Bonchev–Trinajstić information content (AvgIpc) is 3.45. The first-order valence-electron chi connectivity index (χ1n) is 10.6. The van der Waals surface area contributed by atoms with Crippen LogP contribution in [-0.4, -0.2) is 43.5 Å². The molecule has 2 aromatic rings. The zero-order valence-corrected chi connectivity index (χ0v) is 16.7. The van der Waals surface area contributed by atoms with Crippen molar-refractivity contribution in [2.24, 2.45) is 0 Å². The van der Waals surface area contributed by atoms with Crippen molar-refractivity contribution in [1.82, 2.24) is 10.2 Å². The van der Waals surface area contributed by atoms with Crippen molar-refractivity contribution in [1.29, 1.82) is 0 Å². The minimum Gasteiger partial charge on any atom is -0.487 e. The molecule has 150 valence electrons. The molecule has 1 saturated heterocycles. The molecule has 2 N–H and O–H groups in total. The molecule has 29 heavy (non-hydrogen) atoms. The lowest BCUT2D eigenvalue weighted by Crippen LogP contribution is -2.30. The molecule has 2 aromatic carbocycles. The summed E-state index contributed by atoms with van der Waals surface area (Å²) < 4.78 is 5.99. The third-order valence-corrected chi connectivity index (χ3v) is 6.08. The van der Waals surface area contributed by atoms with E-state index in [1.54, 1.807) is 0 Å². The molecule has 3 heterocycles. The lowest BCUT2D eigenvalue weighted by atomic mass is 9.98. The summed E-state index contributed by atoms with van der Waals surface area (Å²) in [6.45, 7) is 6.23. The fraction of sp³-hybridized carbons (Fsp3) is 0.375. The van der Waals surface area contributed by atoms with Gasteiger partial charge in [0.25, 0.3) is 5.91 Å². The highest BCUT2D eigenvalue weighted by molar-refractivity contribution is 6.36. The fourth-order valence-electron chi connectivity index (χ4n) is 4.52. The quantitative estimate of drug-likeness (QED) is 0.588. The number of likely N-dealkylation sites (tertiary alicyclic amines) is 1. The van der Waals surface area contributed by atoms with E-state index in [4.69, 9.17) is 4.74 Å². The number of fused-ring (bicyclic) bond motifs is 2. The number of rotatable bonds is 6. The van der Waals surface area contributed by atoms with Gasteiger partial charge in [-0.1, -0.05) is 36.4 Å². The Bertz CT molecular complexity index is 960. The Balaban J connectivity index is 1.25. The van der Waals surface area contributed by atoms with Crippen molar-refractivity contribution in [3.8, 4) is 0 Å². The maximum absolute atomic E-state index is 12.5. The van der Waals surface area contributed by atoms with Gasteiger partial charge in [0.1, 0.15) is 12.4 Å². The summed E-state index contributed by atoms with van der Waals surface area (Å²) in [4.78, 5) is 15.1. The van der Waals surface area contributed by atoms with Gasteiger partial charge in [-0.05, 0) is 50.5 Å². The maximum atomic E-state index is 12.5. The average molecular weight is 389 g/mol. The number of hydrogen-bond acceptors (Lipinski definition) is 4. The van der Waals surface area contributed by atoms with Crippen molar-refractivity contribution in [2.45, 2.75) is 25.9 Å². The van der Waals surface area contributed by atoms with Crippen LogP contribution in [0.1, 0.15) is 35.1 Å². The molecule has 3 aliphatic heterocycles. The van der Waals surface area contributed by atoms with Gasteiger partial charge < -0.3 is 20.3 Å². The van der Waals surface area contributed by atoms with Crippen LogP contribution in [0.15, 0.2) is 42.5 Å². The van der Waals surface area contributed by atoms with E-state index in [0.29, 0.717) is 17.9 Å². The van der Waals surface area contributed by atoms with Gasteiger partial charge >= 0.3 is 0 Å². The molecule has 1 fully saturated rings. The number of anilines is 1. The second-order valence-corrected chi connectivity index (χ2v) is 8.03. The number of para-hydroxylation sites is 1. The zero-order valence-electron chi connectivity index (χ0n) is 16.7. The molecule has 3 aliphatic rings. The summed E-state index contributed by atoms with van der Waals surface area (Å²) in [5, 5.41) is 6.50. The second-order valence-electron chi connectivity index (χ2n) is 8.03. The third-order valence-electron chi connectivity index (χ3n) is 6.08. The predicted octanol–water partition coefficient (Wildman–Crippen LogP) is 3.27. The van der Waals surface area contributed by atoms with E-state index in [2.05, 4.69) is 33.7 Å². The molecule has 1 amide bonds. The summed E-state index contributed by atoms with van der Waals surface area (Å²) >= 11 is 0. The van der Waals surface area contributed by atoms with Crippen molar-refractivity contribution in [2.75, 3.05) is 38.0 Å². The molecule has 0 unspecified atom stereocenters. The number of benzene rings is 2. The molecule has 5 rings (SSSR count). The molecule has 0 aliphatic carbocycles. The largest absolute Gasteiger partial charge is 0.487 e. The SMILES string of the molecule is O=C1Nc2ccccc2C1=C1OCc2cc(CCNCCN3CCCC3)ccc21. The standard InChI is InChI=1S/C24H27N3O2/c28-24-22(20-5-1-2-6-21(20)26-24)23-19-8-7-17(15-18(19)16-29-23)9-10-25-11-14-27-12-3-4-13-27/h1-2,5-8,15,25H,3-4,9-14,16H2,(H,26,28). The van der Waals surface area contributed by atoms with E-state index in [1.807, 2.05) is 24.3 Å². The van der Waals surface area contributed by atoms with Crippen LogP contribution in [0.2, 0.25) is 0 Å². The monoisotopic (exact) mass is 389 g/mol. The highest BCUT2D eigenvalue weighted by Crippen LogP contribution is 2.41. The van der Waals surface area contributed by atoms with Gasteiger partial charge in [-0.3, -0.25) is 4.79 Å². The Labute approximate surface area is 171 Å². The fourth-order valence-corrected chi connectivity index (χ4v) is 4.52. The van der Waals surface area contributed by atoms with Crippen molar-refractivity contribution >= 4 is 22.9 Å². The summed E-state index contributed by atoms with van der Waals surface area (Å²) in [6, 6.07) is 14.3. The van der Waals surface area contributed by atoms with Crippen molar-refractivity contribution in [3.05, 3.63) is 64.7 Å². The smallest absolute Gasteiger partial charge is 0.260 e. The predicted molar refractivity (Wildman–Crippen MR) is 115 cm³/mol. The highest BCUT2D eigenvalue weighted by atomic mass is 16.5. The van der Waals surface area contributed by atoms with Gasteiger partial charge in [-0.25, -0.2) is 0 Å². The number of amides is 1. The molecule has 0 aromatic heterocycles. The Morgan fingerprint density at radius 3 is 2.79 bits per heavy atom. The second kappa shape index (κ2) is 8.01. The lowest BCUT2D eigenvalue weighted by Gasteiger charge is -2.14. The molecule has 0 bridgehead atoms. The first kappa shape index (κ1) is 18.4. The van der Waals surface area contributed by atoms with Gasteiger partial charge in [0, 0.05) is 35.5 Å². The maximum Gasteiger partial charge on any atom is 0.260 e.